The number of nitrogens with one attached hydrogen (secondary N) is 1. The summed E-state index contributed by atoms with van der Waals surface area (Å²) in [6, 6.07) is 8.14. The monoisotopic (exact) mass is 267 g/mol. The predicted octanol–water partition coefficient (Wildman–Crippen LogP) is 2.26. The van der Waals surface area contributed by atoms with Crippen molar-refractivity contribution >= 4 is 10.8 Å². The van der Waals surface area contributed by atoms with Gasteiger partial charge in [0.25, 0.3) is 0 Å². The molecule has 0 spiro atoms. The van der Waals surface area contributed by atoms with Gasteiger partial charge in [0.2, 0.25) is 0 Å². The smallest absolute Gasteiger partial charge is 0.124 e. The minimum absolute atomic E-state index is 0.0523. The van der Waals surface area contributed by atoms with Crippen molar-refractivity contribution in [2.24, 2.45) is 0 Å². The summed E-state index contributed by atoms with van der Waals surface area (Å²) in [7, 11) is 1.10. The van der Waals surface area contributed by atoms with Crippen molar-refractivity contribution in [1.29, 1.82) is 0 Å². The number of benzene rings is 1. The Bertz CT molecular complexity index is 422. The third-order valence-corrected chi connectivity index (χ3v) is 5.15. The summed E-state index contributed by atoms with van der Waals surface area (Å²) in [5.41, 5.74) is 1.13. The van der Waals surface area contributed by atoms with Gasteiger partial charge >= 0.3 is 0 Å². The van der Waals surface area contributed by atoms with E-state index in [4.69, 9.17) is 4.74 Å². The number of unbranched alkanes of at least 4 members (excludes halogenated alkanes) is 1. The summed E-state index contributed by atoms with van der Waals surface area (Å²) in [5, 5.41) is 3.35. The van der Waals surface area contributed by atoms with Crippen LogP contribution in [0.25, 0.3) is 0 Å². The lowest BCUT2D eigenvalue weighted by atomic mass is 10.0. The molecule has 1 heterocycles. The Morgan fingerprint density at radius 3 is 2.94 bits per heavy atom. The van der Waals surface area contributed by atoms with Crippen LogP contribution in [0.1, 0.15) is 31.4 Å². The van der Waals surface area contributed by atoms with Crippen LogP contribution in [0, 0.1) is 0 Å². The molecule has 4 heteroatoms. The van der Waals surface area contributed by atoms with Crippen LogP contribution in [-0.2, 0) is 10.8 Å². The highest BCUT2D eigenvalue weighted by molar-refractivity contribution is 7.85. The molecule has 0 saturated heterocycles. The molecule has 18 heavy (non-hydrogen) atoms. The third kappa shape index (κ3) is 2.75. The van der Waals surface area contributed by atoms with E-state index in [0.717, 1.165) is 29.9 Å². The number of hydrogen-bond acceptors (Lipinski definition) is 3. The topological polar surface area (TPSA) is 38.3 Å². The van der Waals surface area contributed by atoms with Gasteiger partial charge in [-0.2, -0.15) is 0 Å². The largest absolute Gasteiger partial charge is 0.492 e. The SMILES string of the molecule is CCCCS(=O)C1COc2ccccc2C1NC. The first-order valence-corrected chi connectivity index (χ1v) is 7.92. The molecule has 100 valence electrons. The lowest BCUT2D eigenvalue weighted by Crippen LogP contribution is -2.41. The summed E-state index contributed by atoms with van der Waals surface area (Å²) in [5.74, 6) is 1.69. The molecule has 0 fully saturated rings. The fourth-order valence-electron chi connectivity index (χ4n) is 2.34. The lowest BCUT2D eigenvalue weighted by molar-refractivity contribution is 0.262. The highest BCUT2D eigenvalue weighted by Crippen LogP contribution is 2.33. The summed E-state index contributed by atoms with van der Waals surface area (Å²) in [6.07, 6.45) is 2.10. The van der Waals surface area contributed by atoms with Crippen molar-refractivity contribution in [3.8, 4) is 5.75 Å². The Kier molecular flexibility index (Phi) is 4.78. The van der Waals surface area contributed by atoms with E-state index in [2.05, 4.69) is 18.3 Å². The summed E-state index contributed by atoms with van der Waals surface area (Å²) in [6.45, 7) is 2.66. The zero-order valence-electron chi connectivity index (χ0n) is 11.0. The minimum Gasteiger partial charge on any atom is -0.492 e. The zero-order valence-corrected chi connectivity index (χ0v) is 11.8. The number of fused-ring (bicyclic) bond motifs is 1. The van der Waals surface area contributed by atoms with Gasteiger partial charge in [-0.05, 0) is 19.5 Å². The first-order valence-electron chi connectivity index (χ1n) is 6.54. The molecule has 1 aromatic rings. The lowest BCUT2D eigenvalue weighted by Gasteiger charge is -2.32. The molecule has 0 aliphatic carbocycles. The van der Waals surface area contributed by atoms with E-state index in [9.17, 15) is 4.21 Å². The molecule has 1 N–H and O–H groups in total. The molecule has 0 amide bonds. The molecule has 0 bridgehead atoms. The predicted molar refractivity (Wildman–Crippen MR) is 75.4 cm³/mol. The van der Waals surface area contributed by atoms with E-state index in [1.165, 1.54) is 0 Å². The standard InChI is InChI=1S/C14H21NO2S/c1-3-4-9-18(16)13-10-17-12-8-6-5-7-11(12)14(13)15-2/h5-8,13-15H,3-4,9-10H2,1-2H3. The number of para-hydroxylation sites is 1. The van der Waals surface area contributed by atoms with Gasteiger partial charge in [-0.25, -0.2) is 0 Å². The average molecular weight is 267 g/mol. The van der Waals surface area contributed by atoms with Gasteiger partial charge in [0.15, 0.2) is 0 Å². The van der Waals surface area contributed by atoms with Gasteiger partial charge in [0.1, 0.15) is 12.4 Å². The maximum Gasteiger partial charge on any atom is 0.124 e. The highest BCUT2D eigenvalue weighted by Gasteiger charge is 2.33. The van der Waals surface area contributed by atoms with Crippen LogP contribution in [-0.4, -0.2) is 28.9 Å². The molecule has 1 aliphatic heterocycles. The van der Waals surface area contributed by atoms with E-state index < -0.39 is 10.8 Å². The van der Waals surface area contributed by atoms with E-state index in [1.54, 1.807) is 0 Å². The van der Waals surface area contributed by atoms with Crippen molar-refractivity contribution in [3.05, 3.63) is 29.8 Å². The number of hydrogen-bond donors (Lipinski definition) is 1. The minimum atomic E-state index is -0.831. The van der Waals surface area contributed by atoms with Crippen LogP contribution in [0.4, 0.5) is 0 Å². The average Bonchev–Trinajstić information content (AvgIpc) is 2.43. The number of ether oxygens (including phenoxy) is 1. The van der Waals surface area contributed by atoms with Gasteiger partial charge in [-0.15, -0.1) is 0 Å². The van der Waals surface area contributed by atoms with Crippen LogP contribution in [0.5, 0.6) is 5.75 Å². The normalized spacial score (nSPS) is 24.1. The maximum atomic E-state index is 12.3. The molecule has 1 aliphatic rings. The molecule has 2 rings (SSSR count). The van der Waals surface area contributed by atoms with E-state index >= 15 is 0 Å². The van der Waals surface area contributed by atoms with Crippen LogP contribution >= 0.6 is 0 Å². The molecule has 0 radical (unpaired) electrons. The fraction of sp³-hybridized carbons (Fsp3) is 0.571. The van der Waals surface area contributed by atoms with Crippen molar-refractivity contribution in [2.45, 2.75) is 31.1 Å². The third-order valence-electron chi connectivity index (χ3n) is 3.38. The van der Waals surface area contributed by atoms with Crippen LogP contribution < -0.4 is 10.1 Å². The van der Waals surface area contributed by atoms with Crippen molar-refractivity contribution < 1.29 is 8.95 Å². The van der Waals surface area contributed by atoms with Gasteiger partial charge in [0.05, 0.1) is 11.3 Å². The Labute approximate surface area is 111 Å². The first kappa shape index (κ1) is 13.6. The molecule has 3 unspecified atom stereocenters. The van der Waals surface area contributed by atoms with Crippen molar-refractivity contribution in [2.75, 3.05) is 19.4 Å². The Balaban J connectivity index is 2.17. The van der Waals surface area contributed by atoms with Crippen LogP contribution in [0.3, 0.4) is 0 Å². The van der Waals surface area contributed by atoms with Gasteiger partial charge in [0, 0.05) is 22.1 Å². The molecule has 3 nitrogen and oxygen atoms in total. The van der Waals surface area contributed by atoms with Gasteiger partial charge < -0.3 is 10.1 Å². The number of rotatable bonds is 5. The molecule has 0 saturated carbocycles. The quantitative estimate of drug-likeness (QED) is 0.889. The molecule has 3 atom stereocenters. The second-order valence-corrected chi connectivity index (χ2v) is 6.37. The second-order valence-electron chi connectivity index (χ2n) is 4.59. The second kappa shape index (κ2) is 6.34. The van der Waals surface area contributed by atoms with E-state index in [-0.39, 0.29) is 11.3 Å². The van der Waals surface area contributed by atoms with Crippen molar-refractivity contribution in [3.63, 3.8) is 0 Å². The molecule has 0 aromatic heterocycles. The fourth-order valence-corrected chi connectivity index (χ4v) is 4.03. The molecule has 1 aromatic carbocycles. The van der Waals surface area contributed by atoms with Crippen molar-refractivity contribution in [1.82, 2.24) is 5.32 Å². The Morgan fingerprint density at radius 2 is 2.22 bits per heavy atom. The molecular formula is C14H21NO2S. The van der Waals surface area contributed by atoms with E-state index in [0.29, 0.717) is 6.61 Å². The van der Waals surface area contributed by atoms with Gasteiger partial charge in [-0.3, -0.25) is 4.21 Å². The maximum absolute atomic E-state index is 12.3. The van der Waals surface area contributed by atoms with Crippen LogP contribution in [0.2, 0.25) is 0 Å². The van der Waals surface area contributed by atoms with Gasteiger partial charge in [-0.1, -0.05) is 31.5 Å². The van der Waals surface area contributed by atoms with E-state index in [1.807, 2.05) is 25.2 Å². The molecular weight excluding hydrogens is 246 g/mol. The highest BCUT2D eigenvalue weighted by atomic mass is 32.2. The summed E-state index contributed by atoms with van der Waals surface area (Å²) >= 11 is 0. The van der Waals surface area contributed by atoms with Crippen LogP contribution in [0.15, 0.2) is 24.3 Å². The Morgan fingerprint density at radius 1 is 1.44 bits per heavy atom. The first-order chi connectivity index (χ1) is 8.77. The Hall–Kier alpha value is -0.870. The summed E-state index contributed by atoms with van der Waals surface area (Å²) in [4.78, 5) is 0. The summed E-state index contributed by atoms with van der Waals surface area (Å²) < 4.78 is 18.1. The zero-order chi connectivity index (χ0) is 13.0.